The molecule has 0 aromatic heterocycles. The zero-order chi connectivity index (χ0) is 20.5. The molecule has 0 spiro atoms. The summed E-state index contributed by atoms with van der Waals surface area (Å²) in [6.45, 7) is 3.49. The highest BCUT2D eigenvalue weighted by Crippen LogP contribution is 2.19. The number of amides is 2. The predicted molar refractivity (Wildman–Crippen MR) is 112 cm³/mol. The summed E-state index contributed by atoms with van der Waals surface area (Å²) in [6.07, 6.45) is 0. The zero-order valence-corrected chi connectivity index (χ0v) is 17.2. The lowest BCUT2D eigenvalue weighted by Gasteiger charge is -2.21. The summed E-state index contributed by atoms with van der Waals surface area (Å²) < 4.78 is 19.3. The van der Waals surface area contributed by atoms with E-state index in [9.17, 15) is 14.0 Å². The van der Waals surface area contributed by atoms with Gasteiger partial charge in [-0.25, -0.2) is 4.39 Å². The second-order valence-electron chi connectivity index (χ2n) is 6.76. The Morgan fingerprint density at radius 2 is 1.69 bits per heavy atom. The number of nitrogens with two attached hydrogens (primary N) is 1. The number of ether oxygens (including phenoxy) is 1. The molecular weight excluding hydrogens is 397 g/mol. The summed E-state index contributed by atoms with van der Waals surface area (Å²) in [5.74, 6) is -1.18. The fraction of sp³-hybridized carbons (Fsp3) is 0.333. The third-order valence-corrected chi connectivity index (χ3v) is 4.22. The van der Waals surface area contributed by atoms with E-state index in [1.807, 2.05) is 44.2 Å². The molecule has 29 heavy (non-hydrogen) atoms. The Labute approximate surface area is 176 Å². The Kier molecular flexibility index (Phi) is 10.1. The maximum Gasteiger partial charge on any atom is 0.239 e. The van der Waals surface area contributed by atoms with Crippen LogP contribution in [-0.4, -0.2) is 31.0 Å². The van der Waals surface area contributed by atoms with Crippen LogP contribution in [0, 0.1) is 11.7 Å². The number of para-hydroxylation sites is 1. The minimum atomic E-state index is -0.679. The summed E-state index contributed by atoms with van der Waals surface area (Å²) in [7, 11) is 0. The van der Waals surface area contributed by atoms with Gasteiger partial charge in [0.1, 0.15) is 6.61 Å². The quantitative estimate of drug-likeness (QED) is 0.578. The van der Waals surface area contributed by atoms with Gasteiger partial charge in [-0.2, -0.15) is 0 Å². The van der Waals surface area contributed by atoms with Crippen molar-refractivity contribution >= 4 is 24.2 Å². The van der Waals surface area contributed by atoms with Gasteiger partial charge in [0.15, 0.2) is 11.6 Å². The lowest BCUT2D eigenvalue weighted by molar-refractivity contribution is -0.127. The van der Waals surface area contributed by atoms with Crippen molar-refractivity contribution in [2.75, 3.05) is 13.2 Å². The second kappa shape index (κ2) is 12.0. The van der Waals surface area contributed by atoms with Crippen LogP contribution in [0.4, 0.5) is 4.39 Å². The molecule has 2 atom stereocenters. The van der Waals surface area contributed by atoms with Gasteiger partial charge < -0.3 is 21.1 Å². The topological polar surface area (TPSA) is 93.5 Å². The highest BCUT2D eigenvalue weighted by atomic mass is 35.5. The van der Waals surface area contributed by atoms with Crippen LogP contribution in [0.2, 0.25) is 0 Å². The monoisotopic (exact) mass is 423 g/mol. The van der Waals surface area contributed by atoms with Crippen LogP contribution in [0.5, 0.6) is 5.75 Å². The molecule has 0 aliphatic carbocycles. The van der Waals surface area contributed by atoms with Crippen LogP contribution < -0.4 is 21.1 Å². The van der Waals surface area contributed by atoms with Crippen LogP contribution in [0.25, 0.3) is 0 Å². The highest BCUT2D eigenvalue weighted by Gasteiger charge is 2.20. The fourth-order valence-corrected chi connectivity index (χ4v) is 2.47. The standard InChI is InChI=1S/C21H26FN3O3.ClH/c1-14(2)20(23)21(27)24-12-19(26)25-17(15-8-4-3-5-9-15)13-28-18-11-7-6-10-16(18)22;/h3-11,14,17,20H,12-13,23H2,1-2H3,(H,24,27)(H,25,26);1H/t17?,20-;/m0./s1. The van der Waals surface area contributed by atoms with Crippen molar-refractivity contribution < 1.29 is 18.7 Å². The lowest BCUT2D eigenvalue weighted by Crippen LogP contribution is -2.47. The number of carbonyl (C=O) groups is 2. The lowest BCUT2D eigenvalue weighted by atomic mass is 10.1. The molecule has 0 aliphatic rings. The molecule has 2 amide bonds. The molecule has 2 aromatic rings. The van der Waals surface area contributed by atoms with Gasteiger partial charge in [-0.1, -0.05) is 56.3 Å². The molecule has 0 fully saturated rings. The van der Waals surface area contributed by atoms with E-state index >= 15 is 0 Å². The molecule has 0 heterocycles. The van der Waals surface area contributed by atoms with Crippen LogP contribution in [0.1, 0.15) is 25.5 Å². The molecule has 1 unspecified atom stereocenters. The van der Waals surface area contributed by atoms with Crippen LogP contribution in [-0.2, 0) is 9.59 Å². The summed E-state index contributed by atoms with van der Waals surface area (Å²) in [4.78, 5) is 24.2. The molecule has 4 N–H and O–H groups in total. The first-order valence-corrected chi connectivity index (χ1v) is 9.13. The van der Waals surface area contributed by atoms with Crippen molar-refractivity contribution in [3.05, 3.63) is 66.0 Å². The maximum absolute atomic E-state index is 13.8. The molecule has 158 valence electrons. The molecule has 0 aliphatic heterocycles. The maximum atomic E-state index is 13.8. The summed E-state index contributed by atoms with van der Waals surface area (Å²) in [6, 6.07) is 14.1. The Balaban J connectivity index is 0.00000420. The average molecular weight is 424 g/mol. The van der Waals surface area contributed by atoms with Gasteiger partial charge in [0.2, 0.25) is 11.8 Å². The first-order valence-electron chi connectivity index (χ1n) is 9.13. The Morgan fingerprint density at radius 1 is 1.07 bits per heavy atom. The van der Waals surface area contributed by atoms with E-state index in [0.29, 0.717) is 0 Å². The fourth-order valence-electron chi connectivity index (χ4n) is 2.47. The molecule has 0 saturated heterocycles. The third-order valence-electron chi connectivity index (χ3n) is 4.22. The molecule has 2 rings (SSSR count). The van der Waals surface area contributed by atoms with Crippen molar-refractivity contribution in [2.45, 2.75) is 25.9 Å². The van der Waals surface area contributed by atoms with Gasteiger partial charge in [-0.15, -0.1) is 12.4 Å². The predicted octanol–water partition coefficient (Wildman–Crippen LogP) is 2.58. The van der Waals surface area contributed by atoms with E-state index in [1.165, 1.54) is 12.1 Å². The molecule has 0 radical (unpaired) electrons. The van der Waals surface area contributed by atoms with E-state index in [4.69, 9.17) is 10.5 Å². The molecule has 0 bridgehead atoms. The average Bonchev–Trinajstić information content (AvgIpc) is 2.70. The number of benzene rings is 2. The molecule has 6 nitrogen and oxygen atoms in total. The summed E-state index contributed by atoms with van der Waals surface area (Å²) >= 11 is 0. The van der Waals surface area contributed by atoms with Crippen molar-refractivity contribution in [2.24, 2.45) is 11.7 Å². The van der Waals surface area contributed by atoms with E-state index in [-0.39, 0.29) is 43.1 Å². The van der Waals surface area contributed by atoms with Crippen molar-refractivity contribution in [1.29, 1.82) is 0 Å². The Hall–Kier alpha value is -2.64. The Morgan fingerprint density at radius 3 is 2.31 bits per heavy atom. The number of hydrogen-bond acceptors (Lipinski definition) is 4. The SMILES string of the molecule is CC(C)[C@H](N)C(=O)NCC(=O)NC(COc1ccccc1F)c1ccccc1.Cl. The number of halogens is 2. The van der Waals surface area contributed by atoms with Gasteiger partial charge in [-0.05, 0) is 23.6 Å². The van der Waals surface area contributed by atoms with Gasteiger partial charge in [0.05, 0.1) is 18.6 Å². The van der Waals surface area contributed by atoms with Crippen molar-refractivity contribution in [3.63, 3.8) is 0 Å². The van der Waals surface area contributed by atoms with Crippen molar-refractivity contribution in [3.8, 4) is 5.75 Å². The third kappa shape index (κ3) is 7.71. The first kappa shape index (κ1) is 24.4. The smallest absolute Gasteiger partial charge is 0.239 e. The number of nitrogens with one attached hydrogen (secondary N) is 2. The van der Waals surface area contributed by atoms with E-state index < -0.39 is 23.8 Å². The Bertz CT molecular complexity index is 790. The van der Waals surface area contributed by atoms with Crippen molar-refractivity contribution in [1.82, 2.24) is 10.6 Å². The largest absolute Gasteiger partial charge is 0.488 e. The van der Waals surface area contributed by atoms with E-state index in [2.05, 4.69) is 10.6 Å². The van der Waals surface area contributed by atoms with Crippen LogP contribution in [0.3, 0.4) is 0 Å². The minimum absolute atomic E-state index is 0. The summed E-state index contributed by atoms with van der Waals surface area (Å²) in [5.41, 5.74) is 6.57. The molecule has 2 aromatic carbocycles. The second-order valence-corrected chi connectivity index (χ2v) is 6.76. The molecule has 0 saturated carbocycles. The van der Waals surface area contributed by atoms with Gasteiger partial charge in [0.25, 0.3) is 0 Å². The minimum Gasteiger partial charge on any atom is -0.488 e. The van der Waals surface area contributed by atoms with Crippen LogP contribution in [0.15, 0.2) is 54.6 Å². The normalized spacial score (nSPS) is 12.4. The van der Waals surface area contributed by atoms with Gasteiger partial charge in [0, 0.05) is 0 Å². The zero-order valence-electron chi connectivity index (χ0n) is 16.4. The number of hydrogen-bond donors (Lipinski definition) is 3. The number of rotatable bonds is 9. The van der Waals surface area contributed by atoms with Crippen LogP contribution >= 0.6 is 12.4 Å². The first-order chi connectivity index (χ1) is 13.4. The van der Waals surface area contributed by atoms with E-state index in [1.54, 1.807) is 12.1 Å². The molecular formula is C21H27ClFN3O3. The summed E-state index contributed by atoms with van der Waals surface area (Å²) in [5, 5.41) is 5.33. The molecule has 8 heteroatoms. The van der Waals surface area contributed by atoms with Gasteiger partial charge in [-0.3, -0.25) is 9.59 Å². The number of carbonyl (C=O) groups excluding carboxylic acids is 2. The highest BCUT2D eigenvalue weighted by molar-refractivity contribution is 5.87. The van der Waals surface area contributed by atoms with Gasteiger partial charge >= 0.3 is 0 Å². The van der Waals surface area contributed by atoms with E-state index in [0.717, 1.165) is 5.56 Å².